The molecule has 0 amide bonds. The quantitative estimate of drug-likeness (QED) is 0.652. The second-order valence-corrected chi connectivity index (χ2v) is 4.23. The second-order valence-electron chi connectivity index (χ2n) is 4.23. The molecule has 15 heavy (non-hydrogen) atoms. The molecule has 0 saturated heterocycles. The van der Waals surface area contributed by atoms with E-state index in [2.05, 4.69) is 36.8 Å². The summed E-state index contributed by atoms with van der Waals surface area (Å²) < 4.78 is 0. The SMILES string of the molecule is Cc1cc(C)c2c(C)c(C)c(C)nc2n1. The Kier molecular flexibility index (Phi) is 2.22. The van der Waals surface area contributed by atoms with Crippen LogP contribution in [0.5, 0.6) is 0 Å². The zero-order valence-electron chi connectivity index (χ0n) is 9.97. The summed E-state index contributed by atoms with van der Waals surface area (Å²) in [7, 11) is 0. The van der Waals surface area contributed by atoms with E-state index in [1.54, 1.807) is 0 Å². The predicted octanol–water partition coefficient (Wildman–Crippen LogP) is 3.17. The molecule has 0 aliphatic rings. The standard InChI is InChI=1S/C13H16N2/c1-7-6-8(2)14-13-12(7)10(4)9(3)11(5)15-13/h6H,1-5H3. The van der Waals surface area contributed by atoms with Gasteiger partial charge in [-0.25, -0.2) is 9.97 Å². The molecule has 0 N–H and O–H groups in total. The van der Waals surface area contributed by atoms with Gasteiger partial charge in [-0.1, -0.05) is 0 Å². The maximum absolute atomic E-state index is 4.55. The maximum Gasteiger partial charge on any atom is 0.160 e. The number of nitrogens with zero attached hydrogens (tertiary/aromatic N) is 2. The first kappa shape index (κ1) is 10.1. The Morgan fingerprint density at radius 1 is 0.867 bits per heavy atom. The molecule has 0 saturated carbocycles. The average molecular weight is 200 g/mol. The van der Waals surface area contributed by atoms with Gasteiger partial charge >= 0.3 is 0 Å². The molecule has 0 aromatic carbocycles. The highest BCUT2D eigenvalue weighted by atomic mass is 14.9. The lowest BCUT2D eigenvalue weighted by molar-refractivity contribution is 1.11. The summed E-state index contributed by atoms with van der Waals surface area (Å²) in [5.74, 6) is 0. The highest BCUT2D eigenvalue weighted by Gasteiger charge is 2.09. The van der Waals surface area contributed by atoms with E-state index >= 15 is 0 Å². The lowest BCUT2D eigenvalue weighted by Crippen LogP contribution is -1.98. The van der Waals surface area contributed by atoms with E-state index in [9.17, 15) is 0 Å². The van der Waals surface area contributed by atoms with Crippen molar-refractivity contribution in [2.45, 2.75) is 34.6 Å². The maximum atomic E-state index is 4.55. The van der Waals surface area contributed by atoms with Crippen molar-refractivity contribution >= 4 is 11.0 Å². The number of hydrogen-bond donors (Lipinski definition) is 0. The molecule has 0 spiro atoms. The van der Waals surface area contributed by atoms with Crippen molar-refractivity contribution in [1.29, 1.82) is 0 Å². The van der Waals surface area contributed by atoms with Crippen LogP contribution in [0.3, 0.4) is 0 Å². The molecule has 0 aliphatic carbocycles. The van der Waals surface area contributed by atoms with E-state index in [1.807, 2.05) is 13.8 Å². The Labute approximate surface area is 90.4 Å². The van der Waals surface area contributed by atoms with Crippen LogP contribution in [0, 0.1) is 34.6 Å². The Bertz CT molecular complexity index is 542. The summed E-state index contributed by atoms with van der Waals surface area (Å²) in [6.07, 6.45) is 0. The molecule has 2 aromatic heterocycles. The molecule has 0 atom stereocenters. The van der Waals surface area contributed by atoms with E-state index in [0.29, 0.717) is 0 Å². The van der Waals surface area contributed by atoms with Crippen molar-refractivity contribution in [1.82, 2.24) is 9.97 Å². The summed E-state index contributed by atoms with van der Waals surface area (Å²) >= 11 is 0. The van der Waals surface area contributed by atoms with Crippen LogP contribution in [0.1, 0.15) is 28.1 Å². The normalized spacial score (nSPS) is 11.0. The third kappa shape index (κ3) is 1.50. The zero-order valence-corrected chi connectivity index (χ0v) is 9.97. The van der Waals surface area contributed by atoms with Gasteiger partial charge in [0.05, 0.1) is 0 Å². The first-order chi connectivity index (χ1) is 7.00. The van der Waals surface area contributed by atoms with Crippen LogP contribution in [0.4, 0.5) is 0 Å². The summed E-state index contributed by atoms with van der Waals surface area (Å²) in [6, 6.07) is 2.12. The van der Waals surface area contributed by atoms with Gasteiger partial charge < -0.3 is 0 Å². The first-order valence-corrected chi connectivity index (χ1v) is 5.22. The van der Waals surface area contributed by atoms with E-state index < -0.39 is 0 Å². The number of aromatic nitrogens is 2. The van der Waals surface area contributed by atoms with Gasteiger partial charge in [-0.05, 0) is 57.4 Å². The van der Waals surface area contributed by atoms with Crippen LogP contribution in [0.25, 0.3) is 11.0 Å². The van der Waals surface area contributed by atoms with Gasteiger partial charge in [0.2, 0.25) is 0 Å². The van der Waals surface area contributed by atoms with Crippen LogP contribution in [-0.4, -0.2) is 9.97 Å². The Morgan fingerprint density at radius 3 is 2.20 bits per heavy atom. The molecule has 2 rings (SSSR count). The summed E-state index contributed by atoms with van der Waals surface area (Å²) in [5.41, 5.74) is 6.85. The van der Waals surface area contributed by atoms with Crippen molar-refractivity contribution < 1.29 is 0 Å². The number of hydrogen-bond acceptors (Lipinski definition) is 2. The van der Waals surface area contributed by atoms with Crippen LogP contribution in [0.15, 0.2) is 6.07 Å². The molecule has 2 aromatic rings. The second kappa shape index (κ2) is 3.30. The van der Waals surface area contributed by atoms with Crippen molar-refractivity contribution in [3.63, 3.8) is 0 Å². The van der Waals surface area contributed by atoms with Crippen molar-refractivity contribution in [3.8, 4) is 0 Å². The molecular weight excluding hydrogens is 184 g/mol. The molecule has 0 bridgehead atoms. The molecule has 0 radical (unpaired) electrons. The third-order valence-electron chi connectivity index (χ3n) is 3.08. The molecule has 2 nitrogen and oxygen atoms in total. The van der Waals surface area contributed by atoms with E-state index in [0.717, 1.165) is 17.0 Å². The van der Waals surface area contributed by atoms with Gasteiger partial charge in [0, 0.05) is 16.8 Å². The van der Waals surface area contributed by atoms with Crippen LogP contribution >= 0.6 is 0 Å². The summed E-state index contributed by atoms with van der Waals surface area (Å²) in [6.45, 7) is 10.5. The Hall–Kier alpha value is -1.44. The van der Waals surface area contributed by atoms with Crippen molar-refractivity contribution in [2.24, 2.45) is 0 Å². The minimum Gasteiger partial charge on any atom is -0.233 e. The predicted molar refractivity (Wildman–Crippen MR) is 63.2 cm³/mol. The minimum atomic E-state index is 0.883. The molecule has 2 heteroatoms. The fourth-order valence-corrected chi connectivity index (χ4v) is 2.06. The monoisotopic (exact) mass is 200 g/mol. The largest absolute Gasteiger partial charge is 0.233 e. The van der Waals surface area contributed by atoms with Crippen LogP contribution in [-0.2, 0) is 0 Å². The highest BCUT2D eigenvalue weighted by molar-refractivity contribution is 5.83. The zero-order chi connectivity index (χ0) is 11.2. The topological polar surface area (TPSA) is 25.8 Å². The number of aryl methyl sites for hydroxylation is 4. The van der Waals surface area contributed by atoms with Gasteiger partial charge in [0.25, 0.3) is 0 Å². The van der Waals surface area contributed by atoms with Gasteiger partial charge in [-0.2, -0.15) is 0 Å². The van der Waals surface area contributed by atoms with Crippen LogP contribution in [0.2, 0.25) is 0 Å². The Balaban J connectivity index is 2.99. The number of fused-ring (bicyclic) bond motifs is 1. The lowest BCUT2D eigenvalue weighted by Gasteiger charge is -2.10. The molecule has 78 valence electrons. The van der Waals surface area contributed by atoms with Crippen LogP contribution < -0.4 is 0 Å². The van der Waals surface area contributed by atoms with Gasteiger partial charge in [0.15, 0.2) is 5.65 Å². The summed E-state index contributed by atoms with van der Waals surface area (Å²) in [5, 5.41) is 1.21. The molecule has 0 aliphatic heterocycles. The van der Waals surface area contributed by atoms with Gasteiger partial charge in [-0.15, -0.1) is 0 Å². The number of rotatable bonds is 0. The third-order valence-corrected chi connectivity index (χ3v) is 3.08. The molecule has 0 unspecified atom stereocenters. The molecular formula is C13H16N2. The van der Waals surface area contributed by atoms with Gasteiger partial charge in [-0.3, -0.25) is 0 Å². The number of pyridine rings is 2. The summed E-state index contributed by atoms with van der Waals surface area (Å²) in [4.78, 5) is 9.03. The van der Waals surface area contributed by atoms with Gasteiger partial charge in [0.1, 0.15) is 0 Å². The molecule has 2 heterocycles. The minimum absolute atomic E-state index is 0.883. The smallest absolute Gasteiger partial charge is 0.160 e. The fourth-order valence-electron chi connectivity index (χ4n) is 2.06. The lowest BCUT2D eigenvalue weighted by atomic mass is 10.0. The van der Waals surface area contributed by atoms with E-state index in [1.165, 1.54) is 22.1 Å². The Morgan fingerprint density at radius 2 is 1.53 bits per heavy atom. The van der Waals surface area contributed by atoms with Crippen molar-refractivity contribution in [3.05, 3.63) is 34.1 Å². The molecule has 0 fully saturated rings. The average Bonchev–Trinajstić information content (AvgIpc) is 2.13. The van der Waals surface area contributed by atoms with Crippen molar-refractivity contribution in [2.75, 3.05) is 0 Å². The van der Waals surface area contributed by atoms with E-state index in [4.69, 9.17) is 0 Å². The first-order valence-electron chi connectivity index (χ1n) is 5.22. The highest BCUT2D eigenvalue weighted by Crippen LogP contribution is 2.24. The fraction of sp³-hybridized carbons (Fsp3) is 0.385. The van der Waals surface area contributed by atoms with E-state index in [-0.39, 0.29) is 0 Å².